The Morgan fingerprint density at radius 2 is 1.80 bits per heavy atom. The summed E-state index contributed by atoms with van der Waals surface area (Å²) in [7, 11) is 0. The first kappa shape index (κ1) is 12.7. The Hall–Kier alpha value is -0.380. The van der Waals surface area contributed by atoms with Crippen LogP contribution >= 0.6 is 0 Å². The molecule has 2 N–H and O–H groups in total. The van der Waals surface area contributed by atoms with E-state index in [1.54, 1.807) is 0 Å². The topological polar surface area (TPSA) is 41.5 Å². The summed E-state index contributed by atoms with van der Waals surface area (Å²) < 4.78 is 5.51. The summed E-state index contributed by atoms with van der Waals surface area (Å²) in [5.41, 5.74) is 0.0978. The Bertz CT molecular complexity index is 220. The van der Waals surface area contributed by atoms with Gasteiger partial charge in [0.25, 0.3) is 0 Å². The molecule has 3 nitrogen and oxygen atoms in total. The van der Waals surface area contributed by atoms with Crippen LogP contribution in [0.3, 0.4) is 0 Å². The van der Waals surface area contributed by atoms with Crippen molar-refractivity contribution in [1.29, 1.82) is 0 Å². The minimum atomic E-state index is -0.847. The van der Waals surface area contributed by atoms with E-state index in [-0.39, 0.29) is 17.2 Å². The second kappa shape index (κ2) is 4.24. The lowest BCUT2D eigenvalue weighted by Crippen LogP contribution is -2.59. The quantitative estimate of drug-likeness (QED) is 0.555. The van der Waals surface area contributed by atoms with E-state index in [1.165, 1.54) is 6.08 Å². The summed E-state index contributed by atoms with van der Waals surface area (Å²) in [6.07, 6.45) is 2.47. The van der Waals surface area contributed by atoms with Crippen LogP contribution in [0.5, 0.6) is 0 Å². The van der Waals surface area contributed by atoms with Gasteiger partial charge in [0.05, 0.1) is 6.10 Å². The summed E-state index contributed by atoms with van der Waals surface area (Å²) in [5.74, 6) is 0. The fourth-order valence-electron chi connectivity index (χ4n) is 2.58. The number of aliphatic hydroxyl groups is 1. The van der Waals surface area contributed by atoms with Crippen molar-refractivity contribution < 1.29 is 9.84 Å². The average molecular weight is 213 g/mol. The van der Waals surface area contributed by atoms with Crippen LogP contribution < -0.4 is 5.32 Å². The fourth-order valence-corrected chi connectivity index (χ4v) is 2.58. The maximum absolute atomic E-state index is 9.39. The Morgan fingerprint density at radius 3 is 2.20 bits per heavy atom. The molecule has 15 heavy (non-hydrogen) atoms. The minimum Gasteiger partial charge on any atom is -0.365 e. The summed E-state index contributed by atoms with van der Waals surface area (Å²) in [4.78, 5) is 0. The van der Waals surface area contributed by atoms with Crippen LogP contribution in [0.15, 0.2) is 12.7 Å². The van der Waals surface area contributed by atoms with Crippen LogP contribution in [0.2, 0.25) is 0 Å². The highest BCUT2D eigenvalue weighted by Gasteiger charge is 2.38. The van der Waals surface area contributed by atoms with Gasteiger partial charge < -0.3 is 15.2 Å². The lowest BCUT2D eigenvalue weighted by Gasteiger charge is -2.46. The van der Waals surface area contributed by atoms with E-state index >= 15 is 0 Å². The number of hydrogen-bond acceptors (Lipinski definition) is 3. The van der Waals surface area contributed by atoms with Crippen molar-refractivity contribution in [3.05, 3.63) is 12.7 Å². The molecule has 1 unspecified atom stereocenters. The van der Waals surface area contributed by atoms with Gasteiger partial charge in [-0.05, 0) is 46.6 Å². The van der Waals surface area contributed by atoms with Crippen molar-refractivity contribution in [2.24, 2.45) is 0 Å². The third-order valence-electron chi connectivity index (χ3n) is 2.69. The van der Waals surface area contributed by atoms with Gasteiger partial charge in [0, 0.05) is 11.1 Å². The molecule has 1 heterocycles. The summed E-state index contributed by atoms with van der Waals surface area (Å²) >= 11 is 0. The van der Waals surface area contributed by atoms with Crippen molar-refractivity contribution in [3.8, 4) is 0 Å². The predicted molar refractivity (Wildman–Crippen MR) is 61.6 cm³/mol. The average Bonchev–Trinajstić information content (AvgIpc) is 1.97. The van der Waals surface area contributed by atoms with E-state index in [1.807, 2.05) is 0 Å². The zero-order valence-corrected chi connectivity index (χ0v) is 10.2. The highest BCUT2D eigenvalue weighted by Crippen LogP contribution is 2.30. The zero-order chi connectivity index (χ0) is 11.7. The monoisotopic (exact) mass is 213 g/mol. The van der Waals surface area contributed by atoms with Crippen LogP contribution in [0.25, 0.3) is 0 Å². The molecule has 0 aromatic rings. The molecule has 0 aliphatic carbocycles. The lowest BCUT2D eigenvalue weighted by atomic mass is 9.81. The molecule has 1 rings (SSSR count). The van der Waals surface area contributed by atoms with E-state index < -0.39 is 6.29 Å². The van der Waals surface area contributed by atoms with Crippen molar-refractivity contribution in [2.75, 3.05) is 0 Å². The molecule has 1 aliphatic heterocycles. The summed E-state index contributed by atoms with van der Waals surface area (Å²) in [6.45, 7) is 12.1. The van der Waals surface area contributed by atoms with Crippen LogP contribution in [-0.4, -0.2) is 28.6 Å². The molecule has 0 radical (unpaired) electrons. The van der Waals surface area contributed by atoms with Crippen LogP contribution in [0, 0.1) is 0 Å². The molecule has 1 saturated heterocycles. The first-order chi connectivity index (χ1) is 6.74. The number of piperidine rings is 1. The SMILES string of the molecule is C=CC(O)OC1CC(C)(C)NC(C)(C)C1. The lowest BCUT2D eigenvalue weighted by molar-refractivity contribution is -0.131. The second-order valence-corrected chi connectivity index (χ2v) is 5.69. The van der Waals surface area contributed by atoms with Gasteiger partial charge in [0.1, 0.15) is 0 Å². The molecular weight excluding hydrogens is 190 g/mol. The van der Waals surface area contributed by atoms with Gasteiger partial charge in [-0.3, -0.25) is 0 Å². The first-order valence-corrected chi connectivity index (χ1v) is 5.49. The van der Waals surface area contributed by atoms with Gasteiger partial charge in [-0.2, -0.15) is 0 Å². The Labute approximate surface area is 92.5 Å². The van der Waals surface area contributed by atoms with Crippen LogP contribution in [0.1, 0.15) is 40.5 Å². The van der Waals surface area contributed by atoms with Crippen molar-refractivity contribution in [1.82, 2.24) is 5.32 Å². The number of nitrogens with one attached hydrogen (secondary N) is 1. The Balaban J connectivity index is 2.63. The smallest absolute Gasteiger partial charge is 0.174 e. The molecule has 0 aromatic heterocycles. The van der Waals surface area contributed by atoms with Gasteiger partial charge in [0.2, 0.25) is 0 Å². The highest BCUT2D eigenvalue weighted by atomic mass is 16.6. The molecule has 0 aromatic carbocycles. The summed E-state index contributed by atoms with van der Waals surface area (Å²) in [5, 5.41) is 13.0. The molecule has 0 saturated carbocycles. The normalized spacial score (nSPS) is 27.3. The van der Waals surface area contributed by atoms with Gasteiger partial charge in [-0.25, -0.2) is 0 Å². The molecular formula is C12H23NO2. The van der Waals surface area contributed by atoms with Gasteiger partial charge in [-0.15, -0.1) is 0 Å². The van der Waals surface area contributed by atoms with E-state index in [9.17, 15) is 5.11 Å². The van der Waals surface area contributed by atoms with E-state index in [4.69, 9.17) is 4.74 Å². The highest BCUT2D eigenvalue weighted by molar-refractivity contribution is 4.97. The van der Waals surface area contributed by atoms with Gasteiger partial charge in [-0.1, -0.05) is 6.58 Å². The second-order valence-electron chi connectivity index (χ2n) is 5.69. The van der Waals surface area contributed by atoms with E-state index in [0.29, 0.717) is 0 Å². The maximum atomic E-state index is 9.39. The largest absolute Gasteiger partial charge is 0.365 e. The van der Waals surface area contributed by atoms with Crippen LogP contribution in [-0.2, 0) is 4.74 Å². The molecule has 1 fully saturated rings. The number of ether oxygens (including phenoxy) is 1. The molecule has 1 atom stereocenters. The van der Waals surface area contributed by atoms with Crippen molar-refractivity contribution >= 4 is 0 Å². The molecule has 88 valence electrons. The Kier molecular flexibility index (Phi) is 3.59. The predicted octanol–water partition coefficient (Wildman–Crippen LogP) is 1.82. The zero-order valence-electron chi connectivity index (χ0n) is 10.2. The van der Waals surface area contributed by atoms with E-state index in [2.05, 4.69) is 39.6 Å². The fraction of sp³-hybridized carbons (Fsp3) is 0.833. The molecule has 0 bridgehead atoms. The molecule has 0 spiro atoms. The van der Waals surface area contributed by atoms with E-state index in [0.717, 1.165) is 12.8 Å². The van der Waals surface area contributed by atoms with Gasteiger partial charge >= 0.3 is 0 Å². The molecule has 1 aliphatic rings. The number of aliphatic hydroxyl groups excluding tert-OH is 1. The molecule has 3 heteroatoms. The molecule has 0 amide bonds. The van der Waals surface area contributed by atoms with Crippen molar-refractivity contribution in [3.63, 3.8) is 0 Å². The van der Waals surface area contributed by atoms with Crippen LogP contribution in [0.4, 0.5) is 0 Å². The summed E-state index contributed by atoms with van der Waals surface area (Å²) in [6, 6.07) is 0. The number of hydrogen-bond donors (Lipinski definition) is 2. The van der Waals surface area contributed by atoms with Gasteiger partial charge in [0.15, 0.2) is 6.29 Å². The maximum Gasteiger partial charge on any atom is 0.174 e. The Morgan fingerprint density at radius 1 is 1.33 bits per heavy atom. The minimum absolute atomic E-state index is 0.0489. The third-order valence-corrected chi connectivity index (χ3v) is 2.69. The first-order valence-electron chi connectivity index (χ1n) is 5.49. The third kappa shape index (κ3) is 3.93. The number of rotatable bonds is 3. The van der Waals surface area contributed by atoms with Crippen molar-refractivity contribution in [2.45, 2.75) is 64.0 Å². The standard InChI is InChI=1S/C12H23NO2/c1-6-10(14)15-9-7-11(2,3)13-12(4,5)8-9/h6,9-10,13-14H,1,7-8H2,2-5H3.